The van der Waals surface area contributed by atoms with Gasteiger partial charge in [0.2, 0.25) is 0 Å². The molecule has 0 aliphatic carbocycles. The predicted molar refractivity (Wildman–Crippen MR) is 167 cm³/mol. The molecule has 2 amide bonds. The van der Waals surface area contributed by atoms with Gasteiger partial charge < -0.3 is 16.0 Å². The third-order valence-electron chi connectivity index (χ3n) is 7.99. The van der Waals surface area contributed by atoms with Crippen LogP contribution in [0.25, 0.3) is 11.3 Å². The number of nitrogens with one attached hydrogen (secondary N) is 3. The highest BCUT2D eigenvalue weighted by atomic mass is 16.2. The van der Waals surface area contributed by atoms with Gasteiger partial charge in [-0.25, -0.2) is 0 Å². The van der Waals surface area contributed by atoms with E-state index in [1.165, 1.54) is 18.4 Å². The number of anilines is 2. The van der Waals surface area contributed by atoms with E-state index in [1.807, 2.05) is 55.7 Å². The first-order valence-electron chi connectivity index (χ1n) is 14.6. The molecule has 3 heterocycles. The summed E-state index contributed by atoms with van der Waals surface area (Å²) in [4.78, 5) is 29.4. The third kappa shape index (κ3) is 5.85. The number of benzene rings is 3. The van der Waals surface area contributed by atoms with E-state index < -0.39 is 0 Å². The van der Waals surface area contributed by atoms with E-state index in [0.29, 0.717) is 28.1 Å². The van der Waals surface area contributed by atoms with Gasteiger partial charge in [0.15, 0.2) is 0 Å². The summed E-state index contributed by atoms with van der Waals surface area (Å²) in [5.74, 6) is -0.407. The zero-order valence-corrected chi connectivity index (χ0v) is 24.1. The summed E-state index contributed by atoms with van der Waals surface area (Å²) in [6.07, 6.45) is 6.88. The van der Waals surface area contributed by atoms with Crippen molar-refractivity contribution in [1.82, 2.24) is 20.0 Å². The molecule has 214 valence electrons. The van der Waals surface area contributed by atoms with Crippen LogP contribution in [0.2, 0.25) is 0 Å². The fourth-order valence-electron chi connectivity index (χ4n) is 5.82. The van der Waals surface area contributed by atoms with Gasteiger partial charge in [0.05, 0.1) is 23.5 Å². The van der Waals surface area contributed by atoms with Crippen molar-refractivity contribution in [1.29, 1.82) is 0 Å². The van der Waals surface area contributed by atoms with Crippen LogP contribution in [0.1, 0.15) is 64.8 Å². The molecule has 0 saturated carbocycles. The SMILES string of the molecule is CC[C@@H](NC(=O)c1ccc2c(c1)/C(=C(/Nc1cccc(CN3CCCC3)c1)c1cnn(C)c1)C(=O)N2)c1ccccc1. The number of fused-ring (bicyclic) bond motifs is 1. The van der Waals surface area contributed by atoms with Gasteiger partial charge in [-0.15, -0.1) is 0 Å². The highest BCUT2D eigenvalue weighted by Gasteiger charge is 2.30. The second kappa shape index (κ2) is 12.0. The maximum atomic E-state index is 13.5. The van der Waals surface area contributed by atoms with Crippen molar-refractivity contribution in [2.45, 2.75) is 38.8 Å². The van der Waals surface area contributed by atoms with Crippen molar-refractivity contribution in [3.8, 4) is 0 Å². The quantitative estimate of drug-likeness (QED) is 0.224. The van der Waals surface area contributed by atoms with Crippen LogP contribution >= 0.6 is 0 Å². The number of amides is 2. The fourth-order valence-corrected chi connectivity index (χ4v) is 5.82. The van der Waals surface area contributed by atoms with Crippen LogP contribution in [0.5, 0.6) is 0 Å². The summed E-state index contributed by atoms with van der Waals surface area (Å²) >= 11 is 0. The molecule has 8 nitrogen and oxygen atoms in total. The molecule has 2 aliphatic rings. The molecule has 4 aromatic rings. The van der Waals surface area contributed by atoms with Gasteiger partial charge in [-0.05, 0) is 73.8 Å². The summed E-state index contributed by atoms with van der Waals surface area (Å²) in [6.45, 7) is 5.20. The van der Waals surface area contributed by atoms with Gasteiger partial charge in [-0.2, -0.15) is 5.10 Å². The standard InChI is InChI=1S/C34H36N6O2/c1-3-29(24-11-5-4-6-12-24)37-33(41)25-14-15-30-28(19-25)31(34(42)38-30)32(26-20-35-39(2)22-26)36-27-13-9-10-23(18-27)21-40-16-7-8-17-40/h4-6,9-15,18-20,22,29,36H,3,7-8,16-17,21H2,1-2H3,(H,37,41)(H,38,42)/b32-31-/t29-/m1/s1. The molecule has 1 fully saturated rings. The predicted octanol–water partition coefficient (Wildman–Crippen LogP) is 5.83. The number of likely N-dealkylation sites (tertiary alicyclic amines) is 1. The van der Waals surface area contributed by atoms with Gasteiger partial charge in [-0.3, -0.25) is 19.2 Å². The molecule has 0 bridgehead atoms. The maximum absolute atomic E-state index is 13.5. The lowest BCUT2D eigenvalue weighted by Crippen LogP contribution is -2.28. The second-order valence-electron chi connectivity index (χ2n) is 11.0. The number of carbonyl (C=O) groups is 2. The lowest BCUT2D eigenvalue weighted by Gasteiger charge is -2.18. The Kier molecular flexibility index (Phi) is 7.88. The van der Waals surface area contributed by atoms with E-state index in [9.17, 15) is 9.59 Å². The molecule has 0 unspecified atom stereocenters. The van der Waals surface area contributed by atoms with Crippen LogP contribution in [0.4, 0.5) is 11.4 Å². The molecule has 8 heteroatoms. The van der Waals surface area contributed by atoms with Gasteiger partial charge >= 0.3 is 0 Å². The van der Waals surface area contributed by atoms with E-state index in [2.05, 4.69) is 45.0 Å². The average molecular weight is 561 g/mol. The van der Waals surface area contributed by atoms with Crippen molar-refractivity contribution >= 4 is 34.5 Å². The molecule has 0 radical (unpaired) electrons. The fraction of sp³-hybridized carbons (Fsp3) is 0.265. The van der Waals surface area contributed by atoms with Crippen molar-refractivity contribution in [2.24, 2.45) is 7.05 Å². The lowest BCUT2D eigenvalue weighted by molar-refractivity contribution is -0.110. The summed E-state index contributed by atoms with van der Waals surface area (Å²) in [7, 11) is 1.85. The Labute approximate surface area is 246 Å². The molecule has 1 saturated heterocycles. The number of carbonyl (C=O) groups excluding carboxylic acids is 2. The first-order valence-corrected chi connectivity index (χ1v) is 14.6. The van der Waals surface area contributed by atoms with Crippen LogP contribution in [-0.2, 0) is 18.4 Å². The Hall–Kier alpha value is -4.69. The van der Waals surface area contributed by atoms with E-state index in [-0.39, 0.29) is 17.9 Å². The van der Waals surface area contributed by atoms with E-state index in [4.69, 9.17) is 0 Å². The average Bonchev–Trinajstić information content (AvgIpc) is 3.75. The van der Waals surface area contributed by atoms with E-state index in [0.717, 1.165) is 42.9 Å². The number of hydrogen-bond acceptors (Lipinski definition) is 5. The molecule has 42 heavy (non-hydrogen) atoms. The minimum absolute atomic E-state index is 0.109. The van der Waals surface area contributed by atoms with Crippen LogP contribution in [0.3, 0.4) is 0 Å². The minimum atomic E-state index is -0.224. The Bertz CT molecular complexity index is 1630. The highest BCUT2D eigenvalue weighted by molar-refractivity contribution is 6.37. The Morgan fingerprint density at radius 1 is 1.00 bits per heavy atom. The molecule has 2 aliphatic heterocycles. The number of aryl methyl sites for hydroxylation is 1. The van der Waals surface area contributed by atoms with E-state index in [1.54, 1.807) is 29.1 Å². The van der Waals surface area contributed by atoms with E-state index >= 15 is 0 Å². The van der Waals surface area contributed by atoms with Crippen molar-refractivity contribution < 1.29 is 9.59 Å². The molecule has 1 atom stereocenters. The first kappa shape index (κ1) is 27.5. The largest absolute Gasteiger partial charge is 0.354 e. The number of hydrogen-bond donors (Lipinski definition) is 3. The topological polar surface area (TPSA) is 91.3 Å². The second-order valence-corrected chi connectivity index (χ2v) is 11.0. The zero-order valence-electron chi connectivity index (χ0n) is 24.1. The molecule has 3 aromatic carbocycles. The Morgan fingerprint density at radius 3 is 2.55 bits per heavy atom. The maximum Gasteiger partial charge on any atom is 0.258 e. The normalized spacial score (nSPS) is 16.6. The lowest BCUT2D eigenvalue weighted by atomic mass is 9.98. The van der Waals surface area contributed by atoms with Gasteiger partial charge in [-0.1, -0.05) is 49.4 Å². The number of rotatable bonds is 9. The van der Waals surface area contributed by atoms with Gasteiger partial charge in [0.1, 0.15) is 0 Å². The van der Waals surface area contributed by atoms with Crippen LogP contribution in [0.15, 0.2) is 85.2 Å². The summed E-state index contributed by atoms with van der Waals surface area (Å²) in [5.41, 5.74) is 6.92. The molecule has 0 spiro atoms. The summed E-state index contributed by atoms with van der Waals surface area (Å²) in [5, 5.41) is 14.1. The van der Waals surface area contributed by atoms with Gasteiger partial charge in [0, 0.05) is 47.9 Å². The molecule has 1 aromatic heterocycles. The zero-order chi connectivity index (χ0) is 29.1. The monoisotopic (exact) mass is 560 g/mol. The van der Waals surface area contributed by atoms with Crippen LogP contribution < -0.4 is 16.0 Å². The van der Waals surface area contributed by atoms with Crippen LogP contribution in [0, 0.1) is 0 Å². The molecule has 3 N–H and O–H groups in total. The van der Waals surface area contributed by atoms with Crippen molar-refractivity contribution in [2.75, 3.05) is 23.7 Å². The van der Waals surface area contributed by atoms with Gasteiger partial charge in [0.25, 0.3) is 11.8 Å². The highest BCUT2D eigenvalue weighted by Crippen LogP contribution is 2.38. The van der Waals surface area contributed by atoms with Crippen molar-refractivity contribution in [3.63, 3.8) is 0 Å². The number of nitrogens with zero attached hydrogens (tertiary/aromatic N) is 3. The summed E-state index contributed by atoms with van der Waals surface area (Å²) in [6, 6.07) is 23.5. The Balaban J connectivity index is 1.35. The summed E-state index contributed by atoms with van der Waals surface area (Å²) < 4.78 is 1.72. The number of aromatic nitrogens is 2. The third-order valence-corrected chi connectivity index (χ3v) is 7.99. The minimum Gasteiger partial charge on any atom is -0.354 e. The van der Waals surface area contributed by atoms with Crippen LogP contribution in [-0.4, -0.2) is 39.6 Å². The molecular formula is C34H36N6O2. The smallest absolute Gasteiger partial charge is 0.258 e. The molecule has 6 rings (SSSR count). The molecular weight excluding hydrogens is 524 g/mol. The first-order chi connectivity index (χ1) is 20.5. The Morgan fingerprint density at radius 2 is 1.81 bits per heavy atom. The van der Waals surface area contributed by atoms with Crippen molar-refractivity contribution in [3.05, 3.63) is 113 Å².